The number of piperidine rings is 2. The molecule has 0 spiro atoms. The first-order chi connectivity index (χ1) is 26.0. The van der Waals surface area contributed by atoms with Gasteiger partial charge in [0.1, 0.15) is 34.9 Å². The molecular formula is C38H40F3N9O4. The number of alkyl halides is 3. The standard InChI is InChI=1S/C38H40F3N9O4/c1-47-34-25(4-2-7-30(34)50(38(47)54)31-12-13-33(51)45-37(31)53)24-14-15-48(20-26(24)39)18-21-8-10-23(11-9-21)49-19-22-16-32(42-17-29(22)46-49)44-36(52)28-6-3-5-27(43-28)35(40)41/h2-7,16-17,19,21,23-24,26,31,35H,8-15,18,20H2,1H3,(H,44,52)(H,45,51,53)/t21?,23?,24-,26-,31?/m1/s1. The maximum atomic E-state index is 16.1. The molecule has 3 amide bonds. The Morgan fingerprint density at radius 3 is 2.59 bits per heavy atom. The molecule has 0 radical (unpaired) electrons. The molecule has 1 saturated carbocycles. The summed E-state index contributed by atoms with van der Waals surface area (Å²) in [7, 11) is 1.65. The van der Waals surface area contributed by atoms with E-state index in [9.17, 15) is 28.0 Å². The number of hydrogen-bond donors (Lipinski definition) is 2. The minimum atomic E-state index is -2.78. The number of aromatic nitrogens is 6. The van der Waals surface area contributed by atoms with Crippen molar-refractivity contribution in [2.24, 2.45) is 13.0 Å². The van der Waals surface area contributed by atoms with Crippen molar-refractivity contribution in [1.29, 1.82) is 0 Å². The second-order valence-corrected chi connectivity index (χ2v) is 14.7. The summed E-state index contributed by atoms with van der Waals surface area (Å²) in [5.41, 5.74) is 1.68. The van der Waals surface area contributed by atoms with E-state index in [1.54, 1.807) is 25.4 Å². The Kier molecular flexibility index (Phi) is 9.54. The predicted molar refractivity (Wildman–Crippen MR) is 193 cm³/mol. The lowest BCUT2D eigenvalue weighted by Crippen LogP contribution is -2.44. The van der Waals surface area contributed by atoms with E-state index < -0.39 is 42.1 Å². The topological polar surface area (TPSA) is 149 Å². The molecule has 2 N–H and O–H groups in total. The molecule has 1 aliphatic carbocycles. The van der Waals surface area contributed by atoms with Gasteiger partial charge in [-0.1, -0.05) is 18.2 Å². The number of rotatable bonds is 8. The average molecular weight is 744 g/mol. The number of para-hydroxylation sites is 1. The fourth-order valence-corrected chi connectivity index (χ4v) is 8.52. The second-order valence-electron chi connectivity index (χ2n) is 14.7. The van der Waals surface area contributed by atoms with Crippen LogP contribution in [0.5, 0.6) is 0 Å². The monoisotopic (exact) mass is 743 g/mol. The summed E-state index contributed by atoms with van der Waals surface area (Å²) in [5.74, 6) is -1.19. The quantitative estimate of drug-likeness (QED) is 0.206. The number of nitrogens with one attached hydrogen (secondary N) is 2. The van der Waals surface area contributed by atoms with Crippen LogP contribution in [0.1, 0.15) is 91.1 Å². The van der Waals surface area contributed by atoms with E-state index in [2.05, 4.69) is 25.5 Å². The summed E-state index contributed by atoms with van der Waals surface area (Å²) >= 11 is 0. The van der Waals surface area contributed by atoms with Gasteiger partial charge in [0.05, 0.1) is 23.3 Å². The van der Waals surface area contributed by atoms with Crippen LogP contribution in [0.25, 0.3) is 21.9 Å². The summed E-state index contributed by atoms with van der Waals surface area (Å²) in [6.07, 6.45) is 4.35. The number of fused-ring (bicyclic) bond motifs is 2. The number of anilines is 1. The molecule has 3 aliphatic rings. The number of imide groups is 1. The first kappa shape index (κ1) is 35.6. The number of aryl methyl sites for hydroxylation is 1. The van der Waals surface area contributed by atoms with Gasteiger partial charge in [0.15, 0.2) is 0 Å². The Labute approximate surface area is 307 Å². The van der Waals surface area contributed by atoms with Crippen LogP contribution in [0, 0.1) is 5.92 Å². The summed E-state index contributed by atoms with van der Waals surface area (Å²) in [4.78, 5) is 60.7. The smallest absolute Gasteiger partial charge is 0.305 e. The van der Waals surface area contributed by atoms with Crippen LogP contribution in [-0.4, -0.2) is 77.3 Å². The second kappa shape index (κ2) is 14.5. The molecular weight excluding hydrogens is 703 g/mol. The predicted octanol–water partition coefficient (Wildman–Crippen LogP) is 5.21. The van der Waals surface area contributed by atoms with Crippen molar-refractivity contribution in [1.82, 2.24) is 39.1 Å². The van der Waals surface area contributed by atoms with Gasteiger partial charge in [0, 0.05) is 44.1 Å². The third kappa shape index (κ3) is 6.78. The normalized spacial score (nSPS) is 24.0. The van der Waals surface area contributed by atoms with Gasteiger partial charge in [0.25, 0.3) is 12.3 Å². The minimum absolute atomic E-state index is 0.126. The largest absolute Gasteiger partial charge is 0.329 e. The Bertz CT molecular complexity index is 2310. The fraction of sp³-hybridized carbons (Fsp3) is 0.447. The summed E-state index contributed by atoms with van der Waals surface area (Å²) in [5, 5.41) is 10.5. The molecule has 54 heavy (non-hydrogen) atoms. The van der Waals surface area contributed by atoms with E-state index in [1.807, 2.05) is 23.0 Å². The number of imidazole rings is 1. The van der Waals surface area contributed by atoms with Crippen molar-refractivity contribution in [3.8, 4) is 0 Å². The van der Waals surface area contributed by atoms with Crippen LogP contribution < -0.4 is 16.3 Å². The van der Waals surface area contributed by atoms with Crippen molar-refractivity contribution in [3.63, 3.8) is 0 Å². The molecule has 16 heteroatoms. The number of nitrogens with zero attached hydrogens (tertiary/aromatic N) is 7. The molecule has 4 aromatic heterocycles. The Morgan fingerprint density at radius 1 is 1.04 bits per heavy atom. The van der Waals surface area contributed by atoms with Crippen molar-refractivity contribution >= 4 is 45.5 Å². The highest BCUT2D eigenvalue weighted by Gasteiger charge is 2.36. The van der Waals surface area contributed by atoms with Crippen molar-refractivity contribution < 1.29 is 27.6 Å². The highest BCUT2D eigenvalue weighted by atomic mass is 19.3. The highest BCUT2D eigenvalue weighted by Crippen LogP contribution is 2.38. The molecule has 1 unspecified atom stereocenters. The molecule has 5 aromatic rings. The van der Waals surface area contributed by atoms with E-state index in [4.69, 9.17) is 5.10 Å². The van der Waals surface area contributed by atoms with Crippen molar-refractivity contribution in [2.45, 2.75) is 75.5 Å². The van der Waals surface area contributed by atoms with Crippen molar-refractivity contribution in [3.05, 3.63) is 82.3 Å². The zero-order chi connectivity index (χ0) is 37.7. The van der Waals surface area contributed by atoms with Crippen LogP contribution >= 0.6 is 0 Å². The molecule has 0 bridgehead atoms. The van der Waals surface area contributed by atoms with E-state index >= 15 is 4.39 Å². The Hall–Kier alpha value is -5.38. The molecule has 2 aliphatic heterocycles. The van der Waals surface area contributed by atoms with Gasteiger partial charge in [-0.2, -0.15) is 5.10 Å². The summed E-state index contributed by atoms with van der Waals surface area (Å²) < 4.78 is 47.0. The van der Waals surface area contributed by atoms with Gasteiger partial charge in [0.2, 0.25) is 11.8 Å². The maximum Gasteiger partial charge on any atom is 0.329 e. The molecule has 3 fully saturated rings. The van der Waals surface area contributed by atoms with Gasteiger partial charge in [-0.05, 0) is 80.8 Å². The number of hydrogen-bond acceptors (Lipinski definition) is 8. The van der Waals surface area contributed by atoms with Crippen LogP contribution in [0.3, 0.4) is 0 Å². The van der Waals surface area contributed by atoms with Crippen LogP contribution in [0.15, 0.2) is 59.7 Å². The zero-order valence-corrected chi connectivity index (χ0v) is 29.6. The number of carbonyl (C=O) groups is 3. The number of benzene rings is 1. The molecule has 8 rings (SSSR count). The number of carbonyl (C=O) groups excluding carboxylic acids is 3. The van der Waals surface area contributed by atoms with Gasteiger partial charge in [-0.15, -0.1) is 0 Å². The molecule has 13 nitrogen and oxygen atoms in total. The first-order valence-electron chi connectivity index (χ1n) is 18.4. The molecule has 1 aromatic carbocycles. The third-order valence-corrected chi connectivity index (χ3v) is 11.3. The average Bonchev–Trinajstić information content (AvgIpc) is 3.70. The zero-order valence-electron chi connectivity index (χ0n) is 29.6. The number of pyridine rings is 2. The highest BCUT2D eigenvalue weighted by molar-refractivity contribution is 6.03. The molecule has 6 heterocycles. The summed E-state index contributed by atoms with van der Waals surface area (Å²) in [6, 6.07) is 10.5. The third-order valence-electron chi connectivity index (χ3n) is 11.3. The van der Waals surface area contributed by atoms with Gasteiger partial charge in [-0.3, -0.25) is 33.5 Å². The van der Waals surface area contributed by atoms with Gasteiger partial charge in [-0.25, -0.2) is 27.9 Å². The van der Waals surface area contributed by atoms with Crippen LogP contribution in [0.4, 0.5) is 19.0 Å². The Morgan fingerprint density at radius 2 is 1.83 bits per heavy atom. The molecule has 2 saturated heterocycles. The van der Waals surface area contributed by atoms with E-state index in [0.717, 1.165) is 49.7 Å². The van der Waals surface area contributed by atoms with E-state index in [-0.39, 0.29) is 42.0 Å². The van der Waals surface area contributed by atoms with Crippen LogP contribution in [0.2, 0.25) is 0 Å². The lowest BCUT2D eigenvalue weighted by Gasteiger charge is -2.38. The maximum absolute atomic E-state index is 16.1. The van der Waals surface area contributed by atoms with E-state index in [1.165, 1.54) is 27.3 Å². The van der Waals surface area contributed by atoms with E-state index in [0.29, 0.717) is 35.4 Å². The Balaban J connectivity index is 0.874. The minimum Gasteiger partial charge on any atom is -0.305 e. The summed E-state index contributed by atoms with van der Waals surface area (Å²) in [6.45, 7) is 1.83. The van der Waals surface area contributed by atoms with Gasteiger partial charge >= 0.3 is 5.69 Å². The van der Waals surface area contributed by atoms with Crippen LogP contribution in [-0.2, 0) is 16.6 Å². The fourth-order valence-electron chi connectivity index (χ4n) is 8.52. The lowest BCUT2D eigenvalue weighted by atomic mass is 9.83. The number of likely N-dealkylation sites (tertiary alicyclic amines) is 1. The number of amides is 3. The SMILES string of the molecule is Cn1c(=O)n(C2CCC(=O)NC2=O)c2cccc([C@H]3CCN(CC4CCC(n5cc6cc(NC(=O)c7cccc(C(F)F)n7)ncc6n5)CC4)C[C@H]3F)c21. The lowest BCUT2D eigenvalue weighted by molar-refractivity contribution is -0.135. The van der Waals surface area contributed by atoms with Gasteiger partial charge < -0.3 is 10.2 Å². The molecule has 3 atom stereocenters. The number of halogens is 3. The van der Waals surface area contributed by atoms with Crippen molar-refractivity contribution in [2.75, 3.05) is 25.0 Å². The molecule has 282 valence electrons. The first-order valence-corrected chi connectivity index (χ1v) is 18.4.